The number of nitrogens with zero attached hydrogens (tertiary/aromatic N) is 2. The molecule has 31 heavy (non-hydrogen) atoms. The van der Waals surface area contributed by atoms with Crippen LogP contribution in [0.15, 0.2) is 53.4 Å². The van der Waals surface area contributed by atoms with E-state index in [0.717, 1.165) is 55.2 Å². The van der Waals surface area contributed by atoms with E-state index in [9.17, 15) is 13.2 Å². The van der Waals surface area contributed by atoms with Crippen molar-refractivity contribution in [3.8, 4) is 0 Å². The van der Waals surface area contributed by atoms with Crippen LogP contribution in [0, 0.1) is 0 Å². The molecule has 1 aliphatic rings. The van der Waals surface area contributed by atoms with Crippen molar-refractivity contribution in [1.29, 1.82) is 0 Å². The Kier molecular flexibility index (Phi) is 8.23. The number of carbonyl (C=O) groups is 1. The molecule has 1 aliphatic carbocycles. The van der Waals surface area contributed by atoms with Crippen molar-refractivity contribution in [1.82, 2.24) is 14.7 Å². The molecule has 0 aromatic heterocycles. The average Bonchev–Trinajstić information content (AvgIpc) is 2.78. The van der Waals surface area contributed by atoms with E-state index < -0.39 is 10.0 Å². The first-order valence-corrected chi connectivity index (χ1v) is 12.6. The summed E-state index contributed by atoms with van der Waals surface area (Å²) in [6.07, 6.45) is 5.88. The van der Waals surface area contributed by atoms with Gasteiger partial charge in [-0.2, -0.15) is 0 Å². The molecule has 7 heteroatoms. The van der Waals surface area contributed by atoms with Gasteiger partial charge in [0.05, 0.1) is 11.4 Å². The minimum Gasteiger partial charge on any atom is -0.300 e. The predicted octanol–water partition coefficient (Wildman–Crippen LogP) is 3.52. The predicted molar refractivity (Wildman–Crippen MR) is 123 cm³/mol. The average molecular weight is 444 g/mol. The minimum absolute atomic E-state index is 0.0849. The minimum atomic E-state index is -3.84. The van der Waals surface area contributed by atoms with E-state index in [-0.39, 0.29) is 11.4 Å². The quantitative estimate of drug-likeness (QED) is 0.426. The highest BCUT2D eigenvalue weighted by Gasteiger charge is 2.26. The van der Waals surface area contributed by atoms with Crippen LogP contribution >= 0.6 is 0 Å². The molecule has 0 saturated carbocycles. The normalized spacial score (nSPS) is 16.3. The van der Waals surface area contributed by atoms with Crippen molar-refractivity contribution in [2.75, 3.05) is 13.1 Å². The van der Waals surface area contributed by atoms with Gasteiger partial charge < -0.3 is 4.90 Å². The van der Waals surface area contributed by atoms with E-state index in [2.05, 4.69) is 36.3 Å². The molecule has 0 unspecified atom stereocenters. The highest BCUT2D eigenvalue weighted by atomic mass is 32.2. The summed E-state index contributed by atoms with van der Waals surface area (Å²) in [5.41, 5.74) is 5.86. The van der Waals surface area contributed by atoms with Gasteiger partial charge >= 0.3 is 0 Å². The second kappa shape index (κ2) is 10.9. The summed E-state index contributed by atoms with van der Waals surface area (Å²) in [5.74, 6) is 0. The van der Waals surface area contributed by atoms with Gasteiger partial charge in [-0.05, 0) is 74.0 Å². The van der Waals surface area contributed by atoms with E-state index in [1.807, 2.05) is 6.07 Å². The van der Waals surface area contributed by atoms with Crippen molar-refractivity contribution in [2.24, 2.45) is 0 Å². The van der Waals surface area contributed by atoms with Crippen molar-refractivity contribution >= 4 is 16.4 Å². The molecular formula is C24H33N3O3S. The first-order valence-electron chi connectivity index (χ1n) is 11.1. The molecule has 0 heterocycles. The molecular weight excluding hydrogens is 410 g/mol. The van der Waals surface area contributed by atoms with Crippen molar-refractivity contribution in [3.05, 3.63) is 65.2 Å². The molecule has 6 nitrogen and oxygen atoms in total. The van der Waals surface area contributed by atoms with Crippen LogP contribution in [0.4, 0.5) is 0 Å². The van der Waals surface area contributed by atoms with Gasteiger partial charge in [-0.3, -0.25) is 10.2 Å². The lowest BCUT2D eigenvalue weighted by Crippen LogP contribution is -2.41. The largest absolute Gasteiger partial charge is 0.300 e. The summed E-state index contributed by atoms with van der Waals surface area (Å²) in [6, 6.07) is 14.9. The summed E-state index contributed by atoms with van der Waals surface area (Å²) in [4.78, 5) is 13.9. The number of rotatable bonds is 11. The molecule has 1 amide bonds. The lowest BCUT2D eigenvalue weighted by Gasteiger charge is -2.35. The van der Waals surface area contributed by atoms with Gasteiger partial charge in [-0.25, -0.2) is 8.42 Å². The molecule has 3 rings (SSSR count). The SMILES string of the molecule is CCCN(CCC)[C@@H]1CCc2ccc(CN(NC=O)S(=O)(=O)c3ccccc3)cc2C1. The fraction of sp³-hybridized carbons (Fsp3) is 0.458. The summed E-state index contributed by atoms with van der Waals surface area (Å²) < 4.78 is 27.0. The second-order valence-electron chi connectivity index (χ2n) is 8.11. The summed E-state index contributed by atoms with van der Waals surface area (Å²) in [5, 5.41) is 0. The van der Waals surface area contributed by atoms with Crippen LogP contribution in [0.1, 0.15) is 49.8 Å². The zero-order valence-electron chi connectivity index (χ0n) is 18.5. The Hall–Kier alpha value is -2.22. The molecule has 0 saturated heterocycles. The van der Waals surface area contributed by atoms with Gasteiger partial charge in [0, 0.05) is 6.04 Å². The van der Waals surface area contributed by atoms with E-state index in [1.54, 1.807) is 18.2 Å². The maximum atomic E-state index is 13.0. The van der Waals surface area contributed by atoms with E-state index in [4.69, 9.17) is 0 Å². The van der Waals surface area contributed by atoms with Crippen molar-refractivity contribution in [2.45, 2.75) is 63.4 Å². The van der Waals surface area contributed by atoms with Gasteiger partial charge in [-0.15, -0.1) is 4.41 Å². The zero-order chi connectivity index (χ0) is 22.3. The van der Waals surface area contributed by atoms with Gasteiger partial charge in [-0.1, -0.05) is 50.2 Å². The number of amides is 1. The number of benzene rings is 2. The highest BCUT2D eigenvalue weighted by Crippen LogP contribution is 2.27. The number of hydrazine groups is 1. The molecule has 1 atom stereocenters. The molecule has 0 fully saturated rings. The third-order valence-electron chi connectivity index (χ3n) is 5.87. The van der Waals surface area contributed by atoms with Crippen LogP contribution in [-0.2, 0) is 34.2 Å². The van der Waals surface area contributed by atoms with E-state index in [0.29, 0.717) is 12.5 Å². The fourth-order valence-corrected chi connectivity index (χ4v) is 5.65. The monoisotopic (exact) mass is 443 g/mol. The highest BCUT2D eigenvalue weighted by molar-refractivity contribution is 7.89. The third-order valence-corrected chi connectivity index (χ3v) is 7.55. The van der Waals surface area contributed by atoms with Crippen LogP contribution < -0.4 is 5.43 Å². The van der Waals surface area contributed by atoms with Gasteiger partial charge in [0.25, 0.3) is 10.0 Å². The van der Waals surface area contributed by atoms with E-state index >= 15 is 0 Å². The van der Waals surface area contributed by atoms with Crippen LogP contribution in [-0.4, -0.2) is 43.3 Å². The maximum Gasteiger partial charge on any atom is 0.260 e. The smallest absolute Gasteiger partial charge is 0.260 e. The standard InChI is InChI=1S/C24H33N3O3S/c1-3-14-26(15-4-2)23-13-12-21-11-10-20(16-22(21)17-23)18-27(25-19-28)31(29,30)24-8-6-5-7-9-24/h5-11,16,19,23H,3-4,12-15,17-18H2,1-2H3,(H,25,28)/t23-/m1/s1. The Morgan fingerprint density at radius 1 is 1.03 bits per heavy atom. The van der Waals surface area contributed by atoms with Crippen LogP contribution in [0.5, 0.6) is 0 Å². The summed E-state index contributed by atoms with van der Waals surface area (Å²) >= 11 is 0. The molecule has 2 aromatic rings. The first kappa shape index (κ1) is 23.4. The van der Waals surface area contributed by atoms with Gasteiger partial charge in [0.1, 0.15) is 0 Å². The fourth-order valence-electron chi connectivity index (χ4n) is 4.40. The number of hydrogen-bond acceptors (Lipinski definition) is 4. The molecule has 0 radical (unpaired) electrons. The molecule has 2 aromatic carbocycles. The molecule has 0 spiro atoms. The van der Waals surface area contributed by atoms with Gasteiger partial charge in [0.15, 0.2) is 0 Å². The molecule has 0 bridgehead atoms. The Balaban J connectivity index is 1.81. The zero-order valence-corrected chi connectivity index (χ0v) is 19.3. The number of nitrogens with one attached hydrogen (secondary N) is 1. The number of hydrogen-bond donors (Lipinski definition) is 1. The topological polar surface area (TPSA) is 69.7 Å². The lowest BCUT2D eigenvalue weighted by molar-refractivity contribution is -0.112. The van der Waals surface area contributed by atoms with E-state index in [1.165, 1.54) is 23.3 Å². The van der Waals surface area contributed by atoms with Crippen LogP contribution in [0.25, 0.3) is 0 Å². The van der Waals surface area contributed by atoms with Crippen molar-refractivity contribution in [3.63, 3.8) is 0 Å². The van der Waals surface area contributed by atoms with Crippen LogP contribution in [0.2, 0.25) is 0 Å². The summed E-state index contributed by atoms with van der Waals surface area (Å²) in [7, 11) is -3.84. The Morgan fingerprint density at radius 2 is 1.74 bits per heavy atom. The Morgan fingerprint density at radius 3 is 2.39 bits per heavy atom. The van der Waals surface area contributed by atoms with Crippen LogP contribution in [0.3, 0.4) is 0 Å². The molecule has 168 valence electrons. The number of carbonyl (C=O) groups excluding carboxylic acids is 1. The summed E-state index contributed by atoms with van der Waals surface area (Å²) in [6.45, 7) is 6.75. The molecule has 1 N–H and O–H groups in total. The number of fused-ring (bicyclic) bond motifs is 1. The van der Waals surface area contributed by atoms with Gasteiger partial charge in [0.2, 0.25) is 6.41 Å². The number of sulfonamides is 1. The Labute approximate surface area is 186 Å². The second-order valence-corrected chi connectivity index (χ2v) is 9.97. The van der Waals surface area contributed by atoms with Crippen molar-refractivity contribution < 1.29 is 13.2 Å². The lowest BCUT2D eigenvalue weighted by atomic mass is 9.86. The third kappa shape index (κ3) is 5.73. The molecule has 0 aliphatic heterocycles. The number of aryl methyl sites for hydroxylation is 1. The maximum absolute atomic E-state index is 13.0. The first-order chi connectivity index (χ1) is 15.0. The Bertz CT molecular complexity index is 957.